The molecule has 0 aliphatic heterocycles. The van der Waals surface area contributed by atoms with Gasteiger partial charge in [0.1, 0.15) is 0 Å². The maximum absolute atomic E-state index is 10.9. The van der Waals surface area contributed by atoms with Gasteiger partial charge in [0.15, 0.2) is 5.69 Å². The lowest BCUT2D eigenvalue weighted by molar-refractivity contribution is 0.0680. The van der Waals surface area contributed by atoms with Crippen molar-refractivity contribution in [2.45, 2.75) is 13.0 Å². The van der Waals surface area contributed by atoms with Crippen molar-refractivity contribution in [3.63, 3.8) is 0 Å². The number of aromatic carboxylic acids is 1. The van der Waals surface area contributed by atoms with E-state index in [0.29, 0.717) is 12.2 Å². The molecule has 4 nitrogen and oxygen atoms in total. The number of carboxylic acid groups (broad SMARTS) is 1. The first-order valence-electron chi connectivity index (χ1n) is 5.54. The van der Waals surface area contributed by atoms with Crippen LogP contribution in [0.3, 0.4) is 0 Å². The van der Waals surface area contributed by atoms with Gasteiger partial charge in [-0.15, -0.1) is 11.3 Å². The molecule has 0 saturated carbocycles. The highest BCUT2D eigenvalue weighted by Gasteiger charge is 2.10. The van der Waals surface area contributed by atoms with Crippen LogP contribution in [0.2, 0.25) is 0 Å². The molecule has 0 radical (unpaired) electrons. The lowest BCUT2D eigenvalue weighted by Gasteiger charge is -2.05. The summed E-state index contributed by atoms with van der Waals surface area (Å²) in [6, 6.07) is 7.50. The van der Waals surface area contributed by atoms with Crippen molar-refractivity contribution in [3.8, 4) is 0 Å². The molecule has 2 heterocycles. The zero-order valence-corrected chi connectivity index (χ0v) is 10.5. The first kappa shape index (κ1) is 12.7. The van der Waals surface area contributed by atoms with E-state index in [-0.39, 0.29) is 12.3 Å². The molecule has 0 spiro atoms. The molecule has 0 bridgehead atoms. The van der Waals surface area contributed by atoms with Crippen LogP contribution in [0.15, 0.2) is 35.8 Å². The maximum Gasteiger partial charge on any atom is 0.354 e. The Balaban J connectivity index is 1.85. The van der Waals surface area contributed by atoms with E-state index in [1.807, 2.05) is 11.4 Å². The summed E-state index contributed by atoms with van der Waals surface area (Å²) >= 11 is 1.69. The van der Waals surface area contributed by atoms with E-state index in [4.69, 9.17) is 9.84 Å². The van der Waals surface area contributed by atoms with Gasteiger partial charge < -0.3 is 9.84 Å². The van der Waals surface area contributed by atoms with Gasteiger partial charge in [0.2, 0.25) is 0 Å². The van der Waals surface area contributed by atoms with Crippen LogP contribution >= 0.6 is 11.3 Å². The van der Waals surface area contributed by atoms with E-state index >= 15 is 0 Å². The zero-order valence-electron chi connectivity index (χ0n) is 9.70. The lowest BCUT2D eigenvalue weighted by atomic mass is 10.2. The Morgan fingerprint density at radius 3 is 3.00 bits per heavy atom. The molecule has 5 heteroatoms. The quantitative estimate of drug-likeness (QED) is 0.814. The summed E-state index contributed by atoms with van der Waals surface area (Å²) in [7, 11) is 0. The third-order valence-electron chi connectivity index (χ3n) is 2.42. The van der Waals surface area contributed by atoms with Gasteiger partial charge in [0, 0.05) is 23.1 Å². The summed E-state index contributed by atoms with van der Waals surface area (Å²) in [6.45, 7) is 0.856. The van der Waals surface area contributed by atoms with Crippen LogP contribution < -0.4 is 0 Å². The number of thiophene rings is 1. The molecule has 0 aromatic carbocycles. The molecule has 94 valence electrons. The normalized spacial score (nSPS) is 10.4. The molecular formula is C13H13NO3S. The molecule has 0 atom stereocenters. The molecule has 1 N–H and O–H groups in total. The molecule has 2 aromatic heterocycles. The predicted octanol–water partition coefficient (Wildman–Crippen LogP) is 2.60. The number of pyridine rings is 1. The SMILES string of the molecule is O=C(O)c1ncccc1COCCc1cccs1. The second-order valence-electron chi connectivity index (χ2n) is 3.70. The number of rotatable bonds is 6. The number of hydrogen-bond acceptors (Lipinski definition) is 4. The van der Waals surface area contributed by atoms with Crippen LogP contribution in [0, 0.1) is 0 Å². The Kier molecular flexibility index (Phi) is 4.44. The van der Waals surface area contributed by atoms with Crippen molar-refractivity contribution in [2.75, 3.05) is 6.61 Å². The van der Waals surface area contributed by atoms with Crippen LogP contribution in [0.1, 0.15) is 20.9 Å². The van der Waals surface area contributed by atoms with Crippen molar-refractivity contribution < 1.29 is 14.6 Å². The first-order valence-corrected chi connectivity index (χ1v) is 6.42. The number of aromatic nitrogens is 1. The van der Waals surface area contributed by atoms with Gasteiger partial charge in [-0.25, -0.2) is 9.78 Å². The second-order valence-corrected chi connectivity index (χ2v) is 4.73. The third kappa shape index (κ3) is 3.38. The summed E-state index contributed by atoms with van der Waals surface area (Å²) in [5.41, 5.74) is 0.671. The second kappa shape index (κ2) is 6.28. The number of carboxylic acids is 1. The largest absolute Gasteiger partial charge is 0.477 e. The average Bonchev–Trinajstić information content (AvgIpc) is 2.88. The van der Waals surface area contributed by atoms with Gasteiger partial charge in [-0.3, -0.25) is 0 Å². The number of nitrogens with zero attached hydrogens (tertiary/aromatic N) is 1. The van der Waals surface area contributed by atoms with Crippen molar-refractivity contribution in [1.29, 1.82) is 0 Å². The summed E-state index contributed by atoms with van der Waals surface area (Å²) in [6.07, 6.45) is 2.32. The number of carbonyl (C=O) groups is 1. The highest BCUT2D eigenvalue weighted by atomic mass is 32.1. The predicted molar refractivity (Wildman–Crippen MR) is 68.9 cm³/mol. The first-order chi connectivity index (χ1) is 8.77. The summed E-state index contributed by atoms with van der Waals surface area (Å²) in [4.78, 5) is 16.0. The van der Waals surface area contributed by atoms with E-state index in [9.17, 15) is 4.79 Å². The van der Waals surface area contributed by atoms with Crippen molar-refractivity contribution in [1.82, 2.24) is 4.98 Å². The van der Waals surface area contributed by atoms with Gasteiger partial charge in [-0.05, 0) is 17.5 Å². The summed E-state index contributed by atoms with van der Waals surface area (Å²) < 4.78 is 5.49. The maximum atomic E-state index is 10.9. The van der Waals surface area contributed by atoms with Crippen LogP contribution in [-0.4, -0.2) is 22.7 Å². The smallest absolute Gasteiger partial charge is 0.354 e. The Labute approximate surface area is 109 Å². The zero-order chi connectivity index (χ0) is 12.8. The van der Waals surface area contributed by atoms with Crippen molar-refractivity contribution in [3.05, 3.63) is 52.0 Å². The Morgan fingerprint density at radius 1 is 1.39 bits per heavy atom. The molecule has 2 rings (SSSR count). The highest BCUT2D eigenvalue weighted by Crippen LogP contribution is 2.11. The fourth-order valence-corrected chi connectivity index (χ4v) is 2.25. The van der Waals surface area contributed by atoms with Gasteiger partial charge in [-0.2, -0.15) is 0 Å². The van der Waals surface area contributed by atoms with Gasteiger partial charge in [0.05, 0.1) is 13.2 Å². The molecule has 0 aliphatic rings. The van der Waals surface area contributed by atoms with Crippen LogP contribution in [0.4, 0.5) is 0 Å². The van der Waals surface area contributed by atoms with Gasteiger partial charge >= 0.3 is 5.97 Å². The van der Waals surface area contributed by atoms with Crippen LogP contribution in [0.25, 0.3) is 0 Å². The van der Waals surface area contributed by atoms with Gasteiger partial charge in [-0.1, -0.05) is 12.1 Å². The third-order valence-corrected chi connectivity index (χ3v) is 3.36. The van der Waals surface area contributed by atoms with E-state index in [2.05, 4.69) is 11.1 Å². The Hall–Kier alpha value is -1.72. The molecule has 2 aromatic rings. The van der Waals surface area contributed by atoms with E-state index in [1.165, 1.54) is 11.1 Å². The summed E-state index contributed by atoms with van der Waals surface area (Å²) in [5, 5.41) is 11.0. The van der Waals surface area contributed by atoms with E-state index in [1.54, 1.807) is 23.5 Å². The summed E-state index contributed by atoms with van der Waals surface area (Å²) in [5.74, 6) is -1.02. The minimum Gasteiger partial charge on any atom is -0.477 e. The minimum atomic E-state index is -1.02. The molecule has 18 heavy (non-hydrogen) atoms. The standard InChI is InChI=1S/C13H13NO3S/c15-13(16)12-10(3-1-6-14-12)9-17-7-5-11-4-2-8-18-11/h1-4,6,8H,5,7,9H2,(H,15,16). The molecule has 0 saturated heterocycles. The average molecular weight is 263 g/mol. The molecule has 0 aliphatic carbocycles. The van der Waals surface area contributed by atoms with Crippen molar-refractivity contribution >= 4 is 17.3 Å². The van der Waals surface area contributed by atoms with Crippen molar-refractivity contribution in [2.24, 2.45) is 0 Å². The van der Waals surface area contributed by atoms with Crippen LogP contribution in [0.5, 0.6) is 0 Å². The number of hydrogen-bond donors (Lipinski definition) is 1. The fraction of sp³-hybridized carbons (Fsp3) is 0.231. The molecule has 0 fully saturated rings. The molecular weight excluding hydrogens is 250 g/mol. The van der Waals surface area contributed by atoms with E-state index < -0.39 is 5.97 Å². The fourth-order valence-electron chi connectivity index (χ4n) is 1.56. The van der Waals surface area contributed by atoms with Crippen LogP contribution in [-0.2, 0) is 17.8 Å². The monoisotopic (exact) mass is 263 g/mol. The van der Waals surface area contributed by atoms with E-state index in [0.717, 1.165) is 6.42 Å². The minimum absolute atomic E-state index is 0.0635. The number of ether oxygens (including phenoxy) is 1. The van der Waals surface area contributed by atoms with Gasteiger partial charge in [0.25, 0.3) is 0 Å². The molecule has 0 unspecified atom stereocenters. The lowest BCUT2D eigenvalue weighted by Crippen LogP contribution is -2.07. The highest BCUT2D eigenvalue weighted by molar-refractivity contribution is 7.09. The topological polar surface area (TPSA) is 59.4 Å². The Morgan fingerprint density at radius 2 is 2.28 bits per heavy atom. The Bertz CT molecular complexity index is 511. The molecule has 0 amide bonds.